The van der Waals surface area contributed by atoms with E-state index in [1.807, 2.05) is 45.9 Å². The summed E-state index contributed by atoms with van der Waals surface area (Å²) in [6.45, 7) is 12.3. The van der Waals surface area contributed by atoms with Gasteiger partial charge in [0.25, 0.3) is 0 Å². The molecule has 0 aromatic heterocycles. The van der Waals surface area contributed by atoms with Crippen LogP contribution in [0.1, 0.15) is 33.3 Å². The van der Waals surface area contributed by atoms with Crippen LogP contribution in [0, 0.1) is 0 Å². The second-order valence-electron chi connectivity index (χ2n) is 7.95. The topological polar surface area (TPSA) is 73.8 Å². The molecule has 1 rings (SSSR count). The van der Waals surface area contributed by atoms with Crippen molar-refractivity contribution in [3.05, 3.63) is 23.8 Å². The molecular weight excluding hydrogens is 508 g/mol. The lowest BCUT2D eigenvalue weighted by molar-refractivity contribution is -0.0390. The third-order valence-corrected chi connectivity index (χ3v) is 5.79. The van der Waals surface area contributed by atoms with Gasteiger partial charge in [0.15, 0.2) is 0 Å². The summed E-state index contributed by atoms with van der Waals surface area (Å²) in [6.07, 6.45) is -0.478. The van der Waals surface area contributed by atoms with Gasteiger partial charge in [0.05, 0.1) is 65.1 Å². The summed E-state index contributed by atoms with van der Waals surface area (Å²) in [4.78, 5) is 0. The van der Waals surface area contributed by atoms with Crippen LogP contribution in [-0.4, -0.2) is 91.5 Å². The molecule has 1 aromatic carbocycles. The van der Waals surface area contributed by atoms with E-state index in [0.29, 0.717) is 58.2 Å². The first-order chi connectivity index (χ1) is 16.4. The zero-order chi connectivity index (χ0) is 25.2. The standard InChI is InChI=1S/C25H43BrO8/c1-19(31-13-11-29-9-7-27-5)21(3)33-24-15-23(18-26)16-25(17-24)34-22(4)20(2)32-14-12-30-10-8-28-6/h15-17,19-22H,7-14,18H2,1-6H3. The van der Waals surface area contributed by atoms with Gasteiger partial charge in [0, 0.05) is 25.6 Å². The van der Waals surface area contributed by atoms with E-state index < -0.39 is 0 Å². The molecule has 0 spiro atoms. The number of halogens is 1. The average Bonchev–Trinajstić information content (AvgIpc) is 2.82. The molecule has 0 aliphatic carbocycles. The molecular formula is C25H43BrO8. The molecule has 0 fully saturated rings. The third-order valence-electron chi connectivity index (χ3n) is 5.14. The molecule has 0 radical (unpaired) electrons. The highest BCUT2D eigenvalue weighted by atomic mass is 79.9. The lowest BCUT2D eigenvalue weighted by atomic mass is 10.2. The maximum atomic E-state index is 6.16. The van der Waals surface area contributed by atoms with Gasteiger partial charge in [-0.15, -0.1) is 0 Å². The van der Waals surface area contributed by atoms with Crippen molar-refractivity contribution in [2.24, 2.45) is 0 Å². The largest absolute Gasteiger partial charge is 0.488 e. The quantitative estimate of drug-likeness (QED) is 0.166. The van der Waals surface area contributed by atoms with Gasteiger partial charge >= 0.3 is 0 Å². The molecule has 1 aromatic rings. The number of rotatable bonds is 21. The van der Waals surface area contributed by atoms with Crippen LogP contribution in [0.5, 0.6) is 11.5 Å². The van der Waals surface area contributed by atoms with Gasteiger partial charge in [-0.3, -0.25) is 0 Å². The molecule has 4 atom stereocenters. The van der Waals surface area contributed by atoms with Crippen LogP contribution in [0.25, 0.3) is 0 Å². The summed E-state index contributed by atoms with van der Waals surface area (Å²) in [6, 6.07) is 5.90. The first-order valence-electron chi connectivity index (χ1n) is 11.8. The van der Waals surface area contributed by atoms with Gasteiger partial charge in [0.1, 0.15) is 23.7 Å². The molecule has 0 aliphatic rings. The summed E-state index contributed by atoms with van der Waals surface area (Å²) in [5, 5.41) is 0.694. The fourth-order valence-corrected chi connectivity index (χ4v) is 3.13. The Morgan fingerprint density at radius 2 is 1.00 bits per heavy atom. The second-order valence-corrected chi connectivity index (χ2v) is 8.52. The van der Waals surface area contributed by atoms with E-state index >= 15 is 0 Å². The van der Waals surface area contributed by atoms with Crippen molar-refractivity contribution >= 4 is 15.9 Å². The maximum absolute atomic E-state index is 6.16. The van der Waals surface area contributed by atoms with Crippen molar-refractivity contribution in [2.45, 2.75) is 57.4 Å². The summed E-state index contributed by atoms with van der Waals surface area (Å²) < 4.78 is 44.8. The third kappa shape index (κ3) is 13.8. The Balaban J connectivity index is 2.52. The van der Waals surface area contributed by atoms with Crippen molar-refractivity contribution in [3.8, 4) is 11.5 Å². The second kappa shape index (κ2) is 19.3. The first-order valence-corrected chi connectivity index (χ1v) is 12.9. The predicted molar refractivity (Wildman–Crippen MR) is 135 cm³/mol. The number of methoxy groups -OCH3 is 2. The molecule has 9 heteroatoms. The Morgan fingerprint density at radius 1 is 0.588 bits per heavy atom. The highest BCUT2D eigenvalue weighted by molar-refractivity contribution is 9.08. The van der Waals surface area contributed by atoms with E-state index in [9.17, 15) is 0 Å². The van der Waals surface area contributed by atoms with Crippen LogP contribution in [0.15, 0.2) is 18.2 Å². The van der Waals surface area contributed by atoms with Crippen molar-refractivity contribution in [1.29, 1.82) is 0 Å². The Bertz CT molecular complexity index is 585. The lowest BCUT2D eigenvalue weighted by Gasteiger charge is -2.24. The molecule has 0 N–H and O–H groups in total. The summed E-state index contributed by atoms with van der Waals surface area (Å²) in [5.41, 5.74) is 1.06. The molecule has 4 unspecified atom stereocenters. The van der Waals surface area contributed by atoms with Crippen molar-refractivity contribution < 1.29 is 37.9 Å². The van der Waals surface area contributed by atoms with Gasteiger partial charge < -0.3 is 37.9 Å². The van der Waals surface area contributed by atoms with Gasteiger partial charge in [-0.25, -0.2) is 0 Å². The molecule has 198 valence electrons. The van der Waals surface area contributed by atoms with Crippen molar-refractivity contribution in [3.63, 3.8) is 0 Å². The number of hydrogen-bond donors (Lipinski definition) is 0. The van der Waals surface area contributed by atoms with Gasteiger partial charge in [-0.2, -0.15) is 0 Å². The molecule has 0 saturated carbocycles. The molecule has 0 aliphatic heterocycles. The van der Waals surface area contributed by atoms with Crippen molar-refractivity contribution in [2.75, 3.05) is 67.1 Å². The average molecular weight is 552 g/mol. The number of ether oxygens (including phenoxy) is 8. The van der Waals surface area contributed by atoms with Crippen LogP contribution >= 0.6 is 15.9 Å². The van der Waals surface area contributed by atoms with E-state index in [-0.39, 0.29) is 24.4 Å². The molecule has 34 heavy (non-hydrogen) atoms. The van der Waals surface area contributed by atoms with E-state index in [1.165, 1.54) is 0 Å². The zero-order valence-corrected chi connectivity index (χ0v) is 23.1. The lowest BCUT2D eigenvalue weighted by Crippen LogP contribution is -2.30. The molecule has 0 bridgehead atoms. The SMILES string of the molecule is COCCOCCOC(C)C(C)Oc1cc(CBr)cc(OC(C)C(C)OCCOCCOC)c1. The Labute approximate surface area is 213 Å². The number of hydrogen-bond acceptors (Lipinski definition) is 8. The first kappa shape index (κ1) is 31.1. The molecule has 0 saturated heterocycles. The van der Waals surface area contributed by atoms with Crippen LogP contribution in [0.3, 0.4) is 0 Å². The van der Waals surface area contributed by atoms with Gasteiger partial charge in [-0.05, 0) is 45.4 Å². The normalized spacial score (nSPS) is 15.0. The predicted octanol–water partition coefficient (Wildman–Crippen LogP) is 4.25. The van der Waals surface area contributed by atoms with Crippen LogP contribution in [0.4, 0.5) is 0 Å². The molecule has 8 nitrogen and oxygen atoms in total. The van der Waals surface area contributed by atoms with Crippen molar-refractivity contribution in [1.82, 2.24) is 0 Å². The summed E-state index contributed by atoms with van der Waals surface area (Å²) in [7, 11) is 3.30. The van der Waals surface area contributed by atoms with Crippen LogP contribution in [-0.2, 0) is 33.8 Å². The highest BCUT2D eigenvalue weighted by Crippen LogP contribution is 2.27. The highest BCUT2D eigenvalue weighted by Gasteiger charge is 2.18. The fourth-order valence-electron chi connectivity index (χ4n) is 2.81. The smallest absolute Gasteiger partial charge is 0.123 e. The Morgan fingerprint density at radius 3 is 1.38 bits per heavy atom. The van der Waals surface area contributed by atoms with E-state index in [2.05, 4.69) is 15.9 Å². The molecule has 0 heterocycles. The van der Waals surface area contributed by atoms with E-state index in [1.54, 1.807) is 14.2 Å². The maximum Gasteiger partial charge on any atom is 0.123 e. The van der Waals surface area contributed by atoms with E-state index in [4.69, 9.17) is 37.9 Å². The summed E-state index contributed by atoms with van der Waals surface area (Å²) in [5.74, 6) is 1.47. The van der Waals surface area contributed by atoms with Gasteiger partial charge in [-0.1, -0.05) is 15.9 Å². The Hall–Kier alpha value is -0.940. The minimum atomic E-state index is -0.143. The van der Waals surface area contributed by atoms with E-state index in [0.717, 1.165) is 17.1 Å². The fraction of sp³-hybridized carbons (Fsp3) is 0.760. The van der Waals surface area contributed by atoms with Crippen LogP contribution in [0.2, 0.25) is 0 Å². The summed E-state index contributed by atoms with van der Waals surface area (Å²) >= 11 is 3.53. The minimum absolute atomic E-state index is 0.0959. The zero-order valence-electron chi connectivity index (χ0n) is 21.5. The Kier molecular flexibility index (Phi) is 17.6. The molecule has 0 amide bonds. The number of alkyl halides is 1. The minimum Gasteiger partial charge on any atom is -0.488 e. The van der Waals surface area contributed by atoms with Gasteiger partial charge in [0.2, 0.25) is 0 Å². The number of benzene rings is 1. The van der Waals surface area contributed by atoms with Crippen LogP contribution < -0.4 is 9.47 Å². The monoisotopic (exact) mass is 550 g/mol.